The maximum Gasteiger partial charge on any atom is 0.104 e. The van der Waals surface area contributed by atoms with Crippen molar-refractivity contribution in [1.82, 2.24) is 0 Å². The van der Waals surface area contributed by atoms with E-state index in [0.717, 1.165) is 11.0 Å². The number of hydrogen-bond acceptors (Lipinski definition) is 0. The topological polar surface area (TPSA) is 0 Å². The van der Waals surface area contributed by atoms with Crippen molar-refractivity contribution in [2.45, 2.75) is 20.4 Å². The first-order valence-corrected chi connectivity index (χ1v) is 4.91. The first kappa shape index (κ1) is 10.3. The van der Waals surface area contributed by atoms with Crippen molar-refractivity contribution < 1.29 is 4.48 Å². The molecule has 0 aliphatic rings. The zero-order valence-corrected chi connectivity index (χ0v) is 9.17. The summed E-state index contributed by atoms with van der Waals surface area (Å²) in [6, 6.07) is 8.64. The van der Waals surface area contributed by atoms with Crippen LogP contribution in [0.3, 0.4) is 0 Å². The van der Waals surface area contributed by atoms with Crippen molar-refractivity contribution in [3.63, 3.8) is 0 Å². The summed E-state index contributed by atoms with van der Waals surface area (Å²) < 4.78 is 1.06. The monoisotopic (exact) mass is 178 g/mol. The molecule has 0 aromatic heterocycles. The molecule has 1 heteroatoms. The number of rotatable bonds is 3. The molecule has 0 aliphatic heterocycles. The number of aryl methyl sites for hydroxylation is 1. The highest BCUT2D eigenvalue weighted by molar-refractivity contribution is 5.24. The van der Waals surface area contributed by atoms with Crippen LogP contribution in [0.15, 0.2) is 24.3 Å². The van der Waals surface area contributed by atoms with Gasteiger partial charge in [-0.25, -0.2) is 0 Å². The van der Waals surface area contributed by atoms with Gasteiger partial charge in [0.25, 0.3) is 0 Å². The van der Waals surface area contributed by atoms with Gasteiger partial charge in [-0.15, -0.1) is 0 Å². The molecule has 0 N–H and O–H groups in total. The summed E-state index contributed by atoms with van der Waals surface area (Å²) in [7, 11) is 4.54. The van der Waals surface area contributed by atoms with Gasteiger partial charge in [-0.05, 0) is 19.4 Å². The van der Waals surface area contributed by atoms with Gasteiger partial charge in [0, 0.05) is 5.56 Å². The van der Waals surface area contributed by atoms with Crippen LogP contribution >= 0.6 is 0 Å². The van der Waals surface area contributed by atoms with Gasteiger partial charge >= 0.3 is 0 Å². The van der Waals surface area contributed by atoms with Gasteiger partial charge in [0.1, 0.15) is 6.54 Å². The minimum atomic E-state index is 1.06. The third kappa shape index (κ3) is 2.85. The Labute approximate surface area is 81.6 Å². The van der Waals surface area contributed by atoms with Crippen LogP contribution in [0.5, 0.6) is 0 Å². The van der Waals surface area contributed by atoms with E-state index in [1.165, 1.54) is 17.7 Å². The average Bonchev–Trinajstić information content (AvgIpc) is 2.09. The standard InChI is InChI=1S/C12H20N/c1-5-13(3,4)10-12-9-7-6-8-11(12)2/h6-9H,5,10H2,1-4H3/q+1. The second-order valence-electron chi connectivity index (χ2n) is 4.34. The molecule has 0 spiro atoms. The predicted molar refractivity (Wildman–Crippen MR) is 57.5 cm³/mol. The molecule has 1 nitrogen and oxygen atoms in total. The molecular weight excluding hydrogens is 158 g/mol. The second kappa shape index (κ2) is 3.93. The summed E-state index contributed by atoms with van der Waals surface area (Å²) in [5, 5.41) is 0. The highest BCUT2D eigenvalue weighted by Crippen LogP contribution is 2.12. The highest BCUT2D eigenvalue weighted by atomic mass is 15.3. The fraction of sp³-hybridized carbons (Fsp3) is 0.500. The molecule has 0 heterocycles. The van der Waals surface area contributed by atoms with Gasteiger partial charge in [-0.1, -0.05) is 24.3 Å². The predicted octanol–water partition coefficient (Wildman–Crippen LogP) is 2.59. The Hall–Kier alpha value is -0.820. The van der Waals surface area contributed by atoms with Crippen LogP contribution in [-0.2, 0) is 6.54 Å². The van der Waals surface area contributed by atoms with Crippen LogP contribution in [0, 0.1) is 6.92 Å². The zero-order valence-electron chi connectivity index (χ0n) is 9.17. The zero-order chi connectivity index (χ0) is 9.90. The van der Waals surface area contributed by atoms with E-state index >= 15 is 0 Å². The van der Waals surface area contributed by atoms with Crippen molar-refractivity contribution in [1.29, 1.82) is 0 Å². The molecule has 0 fully saturated rings. The molecule has 0 atom stereocenters. The Bertz CT molecular complexity index is 276. The third-order valence-electron chi connectivity index (χ3n) is 2.72. The van der Waals surface area contributed by atoms with Crippen molar-refractivity contribution in [2.75, 3.05) is 20.6 Å². The first-order chi connectivity index (χ1) is 6.05. The molecule has 0 saturated carbocycles. The van der Waals surface area contributed by atoms with Crippen molar-refractivity contribution >= 4 is 0 Å². The number of nitrogens with zero attached hydrogens (tertiary/aromatic N) is 1. The maximum atomic E-state index is 2.27. The smallest absolute Gasteiger partial charge is 0.104 e. The van der Waals surface area contributed by atoms with Crippen molar-refractivity contribution in [3.8, 4) is 0 Å². The molecule has 13 heavy (non-hydrogen) atoms. The Morgan fingerprint density at radius 1 is 1.15 bits per heavy atom. The summed E-state index contributed by atoms with van der Waals surface area (Å²) in [5.41, 5.74) is 2.87. The van der Waals surface area contributed by atoms with E-state index in [-0.39, 0.29) is 0 Å². The van der Waals surface area contributed by atoms with E-state index in [1.807, 2.05) is 0 Å². The van der Waals surface area contributed by atoms with Gasteiger partial charge in [0.05, 0.1) is 20.6 Å². The lowest BCUT2D eigenvalue weighted by Gasteiger charge is -2.28. The third-order valence-corrected chi connectivity index (χ3v) is 2.72. The van der Waals surface area contributed by atoms with Crippen LogP contribution in [0.4, 0.5) is 0 Å². The molecule has 0 radical (unpaired) electrons. The molecule has 1 aromatic carbocycles. The number of hydrogen-bond donors (Lipinski definition) is 0. The van der Waals surface area contributed by atoms with Crippen molar-refractivity contribution in [2.24, 2.45) is 0 Å². The minimum Gasteiger partial charge on any atom is -0.325 e. The SMILES string of the molecule is CC[N+](C)(C)Cc1ccccc1C. The lowest BCUT2D eigenvalue weighted by Crippen LogP contribution is -2.38. The highest BCUT2D eigenvalue weighted by Gasteiger charge is 2.13. The van der Waals surface area contributed by atoms with Gasteiger partial charge in [0.15, 0.2) is 0 Å². The molecule has 1 aromatic rings. The van der Waals surface area contributed by atoms with Gasteiger partial charge < -0.3 is 4.48 Å². The van der Waals surface area contributed by atoms with E-state index < -0.39 is 0 Å². The van der Waals surface area contributed by atoms with Crippen LogP contribution in [-0.4, -0.2) is 25.1 Å². The Balaban J connectivity index is 2.80. The average molecular weight is 178 g/mol. The summed E-state index contributed by atoms with van der Waals surface area (Å²) in [6.45, 7) is 6.72. The quantitative estimate of drug-likeness (QED) is 0.624. The summed E-state index contributed by atoms with van der Waals surface area (Å²) in [6.07, 6.45) is 0. The van der Waals surface area contributed by atoms with E-state index in [4.69, 9.17) is 0 Å². The molecule has 72 valence electrons. The van der Waals surface area contributed by atoms with Crippen molar-refractivity contribution in [3.05, 3.63) is 35.4 Å². The van der Waals surface area contributed by atoms with Gasteiger partial charge in [-0.2, -0.15) is 0 Å². The second-order valence-corrected chi connectivity index (χ2v) is 4.34. The fourth-order valence-electron chi connectivity index (χ4n) is 1.36. The lowest BCUT2D eigenvalue weighted by molar-refractivity contribution is -0.901. The molecule has 1 rings (SSSR count). The minimum absolute atomic E-state index is 1.06. The molecular formula is C12H20N+. The van der Waals surface area contributed by atoms with E-state index in [9.17, 15) is 0 Å². The Morgan fingerprint density at radius 3 is 2.31 bits per heavy atom. The summed E-state index contributed by atoms with van der Waals surface area (Å²) in [4.78, 5) is 0. The lowest BCUT2D eigenvalue weighted by atomic mass is 10.1. The van der Waals surface area contributed by atoms with Crippen LogP contribution in [0.2, 0.25) is 0 Å². The largest absolute Gasteiger partial charge is 0.325 e. The molecule has 0 bridgehead atoms. The van der Waals surface area contributed by atoms with Gasteiger partial charge in [-0.3, -0.25) is 0 Å². The Morgan fingerprint density at radius 2 is 1.77 bits per heavy atom. The molecule has 0 saturated heterocycles. The summed E-state index contributed by atoms with van der Waals surface area (Å²) in [5.74, 6) is 0. The van der Waals surface area contributed by atoms with Crippen LogP contribution in [0.25, 0.3) is 0 Å². The summed E-state index contributed by atoms with van der Waals surface area (Å²) >= 11 is 0. The number of benzene rings is 1. The van der Waals surface area contributed by atoms with E-state index in [2.05, 4.69) is 52.2 Å². The van der Waals surface area contributed by atoms with Gasteiger partial charge in [0.2, 0.25) is 0 Å². The molecule has 0 aliphatic carbocycles. The van der Waals surface area contributed by atoms with E-state index in [0.29, 0.717) is 0 Å². The molecule has 0 unspecified atom stereocenters. The fourth-order valence-corrected chi connectivity index (χ4v) is 1.36. The van der Waals surface area contributed by atoms with Crippen LogP contribution < -0.4 is 0 Å². The van der Waals surface area contributed by atoms with Crippen LogP contribution in [0.1, 0.15) is 18.1 Å². The van der Waals surface area contributed by atoms with E-state index in [1.54, 1.807) is 0 Å². The first-order valence-electron chi connectivity index (χ1n) is 4.91. The normalized spacial score (nSPS) is 11.7. The molecule has 0 amide bonds. The Kier molecular flexibility index (Phi) is 3.10. The maximum absolute atomic E-state index is 2.27. The number of quaternary nitrogens is 1.